The zero-order valence-electron chi connectivity index (χ0n) is 12.5. The number of ketones is 1. The van der Waals surface area contributed by atoms with E-state index in [1.165, 1.54) is 5.56 Å². The molecule has 0 aliphatic rings. The van der Waals surface area contributed by atoms with Crippen LogP contribution in [0.1, 0.15) is 40.4 Å². The van der Waals surface area contributed by atoms with Crippen molar-refractivity contribution in [2.45, 2.75) is 34.1 Å². The highest BCUT2D eigenvalue weighted by Gasteiger charge is 2.16. The van der Waals surface area contributed by atoms with Crippen LogP contribution >= 0.6 is 0 Å². The molecule has 0 spiro atoms. The van der Waals surface area contributed by atoms with E-state index in [4.69, 9.17) is 5.11 Å². The molecule has 0 radical (unpaired) electrons. The van der Waals surface area contributed by atoms with E-state index >= 15 is 0 Å². The molecule has 1 N–H and O–H groups in total. The number of benzene rings is 1. The number of Topliss-reactive ketones (excluding diaryl/α,β-unsaturated/α-hetero) is 1. The summed E-state index contributed by atoms with van der Waals surface area (Å²) in [7, 11) is 0. The Morgan fingerprint density at radius 2 is 1.74 bits per heavy atom. The van der Waals surface area contributed by atoms with E-state index in [1.54, 1.807) is 0 Å². The summed E-state index contributed by atoms with van der Waals surface area (Å²) in [5.41, 5.74) is 4.11. The fraction of sp³-hybridized carbons (Fsp3) is 0.562. The van der Waals surface area contributed by atoms with Gasteiger partial charge in [0.2, 0.25) is 0 Å². The Bertz CT molecular complexity index is 411. The SMILES string of the molecule is CCCN(CCO)CC(=O)c1c(C)cc(C)cc1C. The van der Waals surface area contributed by atoms with Crippen LogP contribution < -0.4 is 0 Å². The Morgan fingerprint density at radius 1 is 1.16 bits per heavy atom. The number of aryl methyl sites for hydroxylation is 3. The van der Waals surface area contributed by atoms with E-state index in [-0.39, 0.29) is 12.4 Å². The summed E-state index contributed by atoms with van der Waals surface area (Å²) in [6.45, 7) is 9.99. The van der Waals surface area contributed by atoms with Gasteiger partial charge in [0.1, 0.15) is 0 Å². The molecule has 0 unspecified atom stereocenters. The van der Waals surface area contributed by atoms with Gasteiger partial charge in [-0.1, -0.05) is 24.6 Å². The van der Waals surface area contributed by atoms with Gasteiger partial charge >= 0.3 is 0 Å². The molecule has 0 aliphatic heterocycles. The molecule has 0 aliphatic carbocycles. The Kier molecular flexibility index (Phi) is 6.19. The maximum atomic E-state index is 12.4. The maximum Gasteiger partial charge on any atom is 0.177 e. The van der Waals surface area contributed by atoms with Crippen molar-refractivity contribution in [3.8, 4) is 0 Å². The summed E-state index contributed by atoms with van der Waals surface area (Å²) < 4.78 is 0. The van der Waals surface area contributed by atoms with Gasteiger partial charge in [-0.3, -0.25) is 9.69 Å². The number of carbonyl (C=O) groups excluding carboxylic acids is 1. The van der Waals surface area contributed by atoms with Crippen LogP contribution in [0.15, 0.2) is 12.1 Å². The molecule has 0 atom stereocenters. The fourth-order valence-corrected chi connectivity index (χ4v) is 2.63. The molecule has 0 saturated carbocycles. The van der Waals surface area contributed by atoms with E-state index < -0.39 is 0 Å². The molecular weight excluding hydrogens is 238 g/mol. The molecule has 0 aromatic heterocycles. The monoisotopic (exact) mass is 263 g/mol. The number of hydrogen-bond acceptors (Lipinski definition) is 3. The van der Waals surface area contributed by atoms with E-state index in [9.17, 15) is 4.79 Å². The van der Waals surface area contributed by atoms with Gasteiger partial charge in [-0.25, -0.2) is 0 Å². The van der Waals surface area contributed by atoms with Gasteiger partial charge in [-0.2, -0.15) is 0 Å². The third-order valence-electron chi connectivity index (χ3n) is 3.28. The van der Waals surface area contributed by atoms with Crippen molar-refractivity contribution in [2.75, 3.05) is 26.2 Å². The van der Waals surface area contributed by atoms with Crippen molar-refractivity contribution >= 4 is 5.78 Å². The predicted molar refractivity (Wildman–Crippen MR) is 78.8 cm³/mol. The first kappa shape index (κ1) is 15.9. The summed E-state index contributed by atoms with van der Waals surface area (Å²) in [5.74, 6) is 0.150. The van der Waals surface area contributed by atoms with Gasteiger partial charge < -0.3 is 5.11 Å². The third-order valence-corrected chi connectivity index (χ3v) is 3.28. The Labute approximate surface area is 116 Å². The minimum atomic E-state index is 0.0964. The first-order valence-corrected chi connectivity index (χ1v) is 6.93. The van der Waals surface area contributed by atoms with Crippen molar-refractivity contribution in [3.05, 3.63) is 34.4 Å². The lowest BCUT2D eigenvalue weighted by Crippen LogP contribution is -2.33. The van der Waals surface area contributed by atoms with Crippen LogP contribution in [-0.2, 0) is 0 Å². The second-order valence-electron chi connectivity index (χ2n) is 5.20. The van der Waals surface area contributed by atoms with Crippen molar-refractivity contribution in [1.82, 2.24) is 4.90 Å². The van der Waals surface area contributed by atoms with Crippen LogP contribution in [0, 0.1) is 20.8 Å². The smallest absolute Gasteiger partial charge is 0.177 e. The molecular formula is C16H25NO2. The second-order valence-corrected chi connectivity index (χ2v) is 5.20. The number of nitrogens with zero attached hydrogens (tertiary/aromatic N) is 1. The average Bonchev–Trinajstić information content (AvgIpc) is 2.27. The quantitative estimate of drug-likeness (QED) is 0.768. The van der Waals surface area contributed by atoms with E-state index in [0.717, 1.165) is 29.7 Å². The van der Waals surface area contributed by atoms with Gasteiger partial charge in [0.15, 0.2) is 5.78 Å². The summed E-state index contributed by atoms with van der Waals surface area (Å²) in [5, 5.41) is 9.04. The lowest BCUT2D eigenvalue weighted by atomic mass is 9.96. The second kappa shape index (κ2) is 7.41. The van der Waals surface area contributed by atoms with Crippen LogP contribution in [0.3, 0.4) is 0 Å². The molecule has 0 amide bonds. The summed E-state index contributed by atoms with van der Waals surface area (Å²) in [4.78, 5) is 14.4. The normalized spacial score (nSPS) is 11.1. The molecule has 19 heavy (non-hydrogen) atoms. The highest BCUT2D eigenvalue weighted by molar-refractivity contribution is 6.00. The van der Waals surface area contributed by atoms with Gasteiger partial charge in [0, 0.05) is 12.1 Å². The molecule has 3 nitrogen and oxygen atoms in total. The standard InChI is InChI=1S/C16H25NO2/c1-5-6-17(7-8-18)11-15(19)16-13(3)9-12(2)10-14(16)4/h9-10,18H,5-8,11H2,1-4H3. The first-order valence-electron chi connectivity index (χ1n) is 6.93. The Balaban J connectivity index is 2.88. The third kappa shape index (κ3) is 4.44. The Hall–Kier alpha value is -1.19. The van der Waals surface area contributed by atoms with Gasteiger partial charge in [-0.15, -0.1) is 0 Å². The molecule has 106 valence electrons. The van der Waals surface area contributed by atoms with Crippen LogP contribution in [-0.4, -0.2) is 42.0 Å². The molecule has 1 rings (SSSR count). The van der Waals surface area contributed by atoms with Crippen molar-refractivity contribution < 1.29 is 9.90 Å². The molecule has 0 bridgehead atoms. The number of carbonyl (C=O) groups is 1. The molecule has 0 fully saturated rings. The zero-order chi connectivity index (χ0) is 14.4. The van der Waals surface area contributed by atoms with Crippen molar-refractivity contribution in [3.63, 3.8) is 0 Å². The summed E-state index contributed by atoms with van der Waals surface area (Å²) in [6.07, 6.45) is 0.985. The highest BCUT2D eigenvalue weighted by atomic mass is 16.3. The highest BCUT2D eigenvalue weighted by Crippen LogP contribution is 2.17. The number of hydrogen-bond donors (Lipinski definition) is 1. The lowest BCUT2D eigenvalue weighted by Gasteiger charge is -2.20. The molecule has 1 aromatic rings. The van der Waals surface area contributed by atoms with E-state index in [2.05, 4.69) is 19.1 Å². The van der Waals surface area contributed by atoms with Gasteiger partial charge in [0.05, 0.1) is 13.2 Å². The maximum absolute atomic E-state index is 12.4. The van der Waals surface area contributed by atoms with Crippen LogP contribution in [0.25, 0.3) is 0 Å². The van der Waals surface area contributed by atoms with Crippen molar-refractivity contribution in [1.29, 1.82) is 0 Å². The molecule has 0 saturated heterocycles. The van der Waals surface area contributed by atoms with Gasteiger partial charge in [-0.05, 0) is 44.9 Å². The predicted octanol–water partition coefficient (Wildman–Crippen LogP) is 2.50. The lowest BCUT2D eigenvalue weighted by molar-refractivity contribution is 0.0914. The number of aliphatic hydroxyl groups is 1. The zero-order valence-corrected chi connectivity index (χ0v) is 12.5. The van der Waals surface area contributed by atoms with E-state index in [1.807, 2.05) is 25.7 Å². The minimum absolute atomic E-state index is 0.0964. The van der Waals surface area contributed by atoms with Crippen LogP contribution in [0.5, 0.6) is 0 Å². The molecule has 0 heterocycles. The van der Waals surface area contributed by atoms with Crippen molar-refractivity contribution in [2.24, 2.45) is 0 Å². The first-order chi connectivity index (χ1) is 8.99. The fourth-order valence-electron chi connectivity index (χ4n) is 2.63. The van der Waals surface area contributed by atoms with E-state index in [0.29, 0.717) is 13.1 Å². The Morgan fingerprint density at radius 3 is 2.21 bits per heavy atom. The van der Waals surface area contributed by atoms with Gasteiger partial charge in [0.25, 0.3) is 0 Å². The number of rotatable bonds is 7. The van der Waals surface area contributed by atoms with Crippen LogP contribution in [0.4, 0.5) is 0 Å². The summed E-state index contributed by atoms with van der Waals surface area (Å²) >= 11 is 0. The average molecular weight is 263 g/mol. The summed E-state index contributed by atoms with van der Waals surface area (Å²) in [6, 6.07) is 4.10. The topological polar surface area (TPSA) is 40.5 Å². The minimum Gasteiger partial charge on any atom is -0.395 e. The number of aliphatic hydroxyl groups excluding tert-OH is 1. The van der Waals surface area contributed by atoms with Crippen LogP contribution in [0.2, 0.25) is 0 Å². The molecule has 3 heteroatoms. The molecule has 1 aromatic carbocycles. The largest absolute Gasteiger partial charge is 0.395 e.